The minimum Gasteiger partial charge on any atom is -0.339 e. The van der Waals surface area contributed by atoms with E-state index in [1.165, 1.54) is 11.1 Å². The van der Waals surface area contributed by atoms with Gasteiger partial charge in [0.25, 0.3) is 0 Å². The Morgan fingerprint density at radius 3 is 2.21 bits per heavy atom. The van der Waals surface area contributed by atoms with E-state index in [9.17, 15) is 4.79 Å². The van der Waals surface area contributed by atoms with Gasteiger partial charge in [-0.25, -0.2) is 0 Å². The van der Waals surface area contributed by atoms with Crippen LogP contribution in [-0.2, 0) is 24.3 Å². The van der Waals surface area contributed by atoms with E-state index in [2.05, 4.69) is 48.2 Å². The SMILES string of the molecule is CCN(Cc1ccc(CN(C)C)cc1)C(=O)CCc1ccccn1. The van der Waals surface area contributed by atoms with Gasteiger partial charge in [0.2, 0.25) is 5.91 Å². The lowest BCUT2D eigenvalue weighted by Gasteiger charge is -2.21. The molecule has 1 amide bonds. The van der Waals surface area contributed by atoms with Crippen molar-refractivity contribution in [2.24, 2.45) is 0 Å². The largest absolute Gasteiger partial charge is 0.339 e. The maximum Gasteiger partial charge on any atom is 0.223 e. The molecule has 2 aromatic rings. The number of amides is 1. The fourth-order valence-electron chi connectivity index (χ4n) is 2.65. The number of hydrogen-bond acceptors (Lipinski definition) is 3. The Labute approximate surface area is 145 Å². The highest BCUT2D eigenvalue weighted by molar-refractivity contribution is 5.76. The summed E-state index contributed by atoms with van der Waals surface area (Å²) in [7, 11) is 4.12. The van der Waals surface area contributed by atoms with Gasteiger partial charge in [-0.3, -0.25) is 9.78 Å². The highest BCUT2D eigenvalue weighted by Gasteiger charge is 2.12. The van der Waals surface area contributed by atoms with Crippen LogP contribution >= 0.6 is 0 Å². The molecule has 0 spiro atoms. The van der Waals surface area contributed by atoms with Crippen LogP contribution in [0.4, 0.5) is 0 Å². The predicted octanol–water partition coefficient (Wildman–Crippen LogP) is 3.12. The van der Waals surface area contributed by atoms with Gasteiger partial charge < -0.3 is 9.80 Å². The highest BCUT2D eigenvalue weighted by atomic mass is 16.2. The van der Waals surface area contributed by atoms with E-state index in [1.54, 1.807) is 6.20 Å². The smallest absolute Gasteiger partial charge is 0.223 e. The second kappa shape index (κ2) is 9.18. The zero-order valence-electron chi connectivity index (χ0n) is 14.9. The Balaban J connectivity index is 1.89. The summed E-state index contributed by atoms with van der Waals surface area (Å²) in [5, 5.41) is 0. The number of aromatic nitrogens is 1. The fraction of sp³-hybridized carbons (Fsp3) is 0.400. The van der Waals surface area contributed by atoms with E-state index in [0.717, 1.165) is 18.8 Å². The number of aryl methyl sites for hydroxylation is 1. The van der Waals surface area contributed by atoms with Crippen LogP contribution in [0.2, 0.25) is 0 Å². The van der Waals surface area contributed by atoms with E-state index in [4.69, 9.17) is 0 Å². The van der Waals surface area contributed by atoms with Gasteiger partial charge in [-0.05, 0) is 50.7 Å². The number of carbonyl (C=O) groups is 1. The predicted molar refractivity (Wildman–Crippen MR) is 97.5 cm³/mol. The van der Waals surface area contributed by atoms with Gasteiger partial charge >= 0.3 is 0 Å². The third-order valence-electron chi connectivity index (χ3n) is 3.95. The molecule has 4 heteroatoms. The quantitative estimate of drug-likeness (QED) is 0.748. The van der Waals surface area contributed by atoms with Crippen LogP contribution < -0.4 is 0 Å². The fourth-order valence-corrected chi connectivity index (χ4v) is 2.65. The molecule has 0 saturated carbocycles. The summed E-state index contributed by atoms with van der Waals surface area (Å²) in [6, 6.07) is 14.3. The van der Waals surface area contributed by atoms with Gasteiger partial charge in [0, 0.05) is 37.9 Å². The molecule has 0 N–H and O–H groups in total. The molecule has 4 nitrogen and oxygen atoms in total. The Kier molecular flexibility index (Phi) is 6.94. The number of benzene rings is 1. The summed E-state index contributed by atoms with van der Waals surface area (Å²) >= 11 is 0. The molecule has 1 heterocycles. The van der Waals surface area contributed by atoms with Crippen molar-refractivity contribution in [3.8, 4) is 0 Å². The average Bonchev–Trinajstić information content (AvgIpc) is 2.59. The summed E-state index contributed by atoms with van der Waals surface area (Å²) in [5.74, 6) is 0.181. The topological polar surface area (TPSA) is 36.4 Å². The maximum absolute atomic E-state index is 12.5. The number of hydrogen-bond donors (Lipinski definition) is 0. The second-order valence-corrected chi connectivity index (χ2v) is 6.28. The van der Waals surface area contributed by atoms with Crippen molar-refractivity contribution in [3.63, 3.8) is 0 Å². The molecular formula is C20H27N3O. The van der Waals surface area contributed by atoms with Crippen LogP contribution in [-0.4, -0.2) is 41.3 Å². The summed E-state index contributed by atoms with van der Waals surface area (Å²) in [5.41, 5.74) is 3.42. The number of carbonyl (C=O) groups excluding carboxylic acids is 1. The monoisotopic (exact) mass is 325 g/mol. The molecule has 0 saturated heterocycles. The van der Waals surface area contributed by atoms with Crippen molar-refractivity contribution in [3.05, 3.63) is 65.5 Å². The number of nitrogens with zero attached hydrogens (tertiary/aromatic N) is 3. The lowest BCUT2D eigenvalue weighted by atomic mass is 10.1. The third kappa shape index (κ3) is 5.78. The van der Waals surface area contributed by atoms with E-state index in [1.807, 2.05) is 30.0 Å². The highest BCUT2D eigenvalue weighted by Crippen LogP contribution is 2.11. The zero-order valence-corrected chi connectivity index (χ0v) is 14.9. The van der Waals surface area contributed by atoms with E-state index < -0.39 is 0 Å². The normalized spacial score (nSPS) is 10.8. The molecular weight excluding hydrogens is 298 g/mol. The average molecular weight is 325 g/mol. The van der Waals surface area contributed by atoms with Crippen LogP contribution in [0, 0.1) is 0 Å². The Morgan fingerprint density at radius 1 is 1.00 bits per heavy atom. The summed E-state index contributed by atoms with van der Waals surface area (Å²) in [6.07, 6.45) is 2.97. The van der Waals surface area contributed by atoms with Crippen LogP contribution in [0.1, 0.15) is 30.2 Å². The van der Waals surface area contributed by atoms with Gasteiger partial charge in [-0.15, -0.1) is 0 Å². The summed E-state index contributed by atoms with van der Waals surface area (Å²) < 4.78 is 0. The molecule has 0 aliphatic heterocycles. The second-order valence-electron chi connectivity index (χ2n) is 6.28. The third-order valence-corrected chi connectivity index (χ3v) is 3.95. The molecule has 1 aromatic carbocycles. The Hall–Kier alpha value is -2.20. The first-order valence-corrected chi connectivity index (χ1v) is 8.48. The van der Waals surface area contributed by atoms with Crippen molar-refractivity contribution in [1.29, 1.82) is 0 Å². The van der Waals surface area contributed by atoms with Crippen LogP contribution in [0.25, 0.3) is 0 Å². The van der Waals surface area contributed by atoms with Gasteiger partial charge in [-0.2, -0.15) is 0 Å². The van der Waals surface area contributed by atoms with Crippen molar-refractivity contribution in [2.45, 2.75) is 32.9 Å². The molecule has 128 valence electrons. The standard InChI is InChI=1S/C20H27N3O/c1-4-23(20(24)13-12-19-7-5-6-14-21-19)16-18-10-8-17(9-11-18)15-22(2)3/h5-11,14H,4,12-13,15-16H2,1-3H3. The summed E-state index contributed by atoms with van der Waals surface area (Å²) in [6.45, 7) is 4.35. The first kappa shape index (κ1) is 18.1. The van der Waals surface area contributed by atoms with Crippen molar-refractivity contribution in [1.82, 2.24) is 14.8 Å². The maximum atomic E-state index is 12.5. The van der Waals surface area contributed by atoms with E-state index >= 15 is 0 Å². The van der Waals surface area contributed by atoms with Crippen LogP contribution in [0.3, 0.4) is 0 Å². The van der Waals surface area contributed by atoms with Gasteiger partial charge in [-0.1, -0.05) is 30.3 Å². The molecule has 0 fully saturated rings. The van der Waals surface area contributed by atoms with Crippen molar-refractivity contribution < 1.29 is 4.79 Å². The van der Waals surface area contributed by atoms with Crippen LogP contribution in [0.15, 0.2) is 48.7 Å². The Bertz CT molecular complexity index is 623. The lowest BCUT2D eigenvalue weighted by Crippen LogP contribution is -2.30. The van der Waals surface area contributed by atoms with Crippen molar-refractivity contribution >= 4 is 5.91 Å². The molecule has 0 radical (unpaired) electrons. The first-order valence-electron chi connectivity index (χ1n) is 8.48. The zero-order chi connectivity index (χ0) is 17.4. The molecule has 0 aliphatic rings. The number of rotatable bonds is 8. The van der Waals surface area contributed by atoms with E-state index in [0.29, 0.717) is 19.4 Å². The molecule has 0 aliphatic carbocycles. The molecule has 2 rings (SSSR count). The van der Waals surface area contributed by atoms with Gasteiger partial charge in [0.05, 0.1) is 0 Å². The molecule has 1 aromatic heterocycles. The van der Waals surface area contributed by atoms with Crippen LogP contribution in [0.5, 0.6) is 0 Å². The van der Waals surface area contributed by atoms with Gasteiger partial charge in [0.15, 0.2) is 0 Å². The number of pyridine rings is 1. The van der Waals surface area contributed by atoms with Crippen molar-refractivity contribution in [2.75, 3.05) is 20.6 Å². The minimum atomic E-state index is 0.181. The van der Waals surface area contributed by atoms with Gasteiger partial charge in [0.1, 0.15) is 0 Å². The summed E-state index contributed by atoms with van der Waals surface area (Å²) in [4.78, 5) is 20.8. The Morgan fingerprint density at radius 2 is 1.67 bits per heavy atom. The molecule has 0 atom stereocenters. The first-order chi connectivity index (χ1) is 11.6. The minimum absolute atomic E-state index is 0.181. The molecule has 24 heavy (non-hydrogen) atoms. The molecule has 0 unspecified atom stereocenters. The molecule has 0 bridgehead atoms. The lowest BCUT2D eigenvalue weighted by molar-refractivity contribution is -0.131. The van der Waals surface area contributed by atoms with E-state index in [-0.39, 0.29) is 5.91 Å².